The Morgan fingerprint density at radius 3 is 3.27 bits per heavy atom. The number of nitrogens with zero attached hydrogens (tertiary/aromatic N) is 1. The third kappa shape index (κ3) is 1.60. The van der Waals surface area contributed by atoms with Gasteiger partial charge in [-0.25, -0.2) is 0 Å². The standard InChI is InChI=1S/C8H15BrN2/c9-4-7-6-11-3-1-2-8(11)5-10-7/h7-8,10H,1-6H2/t7-,8-/m0/s1. The maximum absolute atomic E-state index is 3.55. The Labute approximate surface area is 76.5 Å². The molecule has 64 valence electrons. The van der Waals surface area contributed by atoms with Gasteiger partial charge in [0.2, 0.25) is 0 Å². The number of hydrogen-bond acceptors (Lipinski definition) is 2. The van der Waals surface area contributed by atoms with E-state index in [9.17, 15) is 0 Å². The first kappa shape index (κ1) is 8.02. The maximum atomic E-state index is 3.55. The molecule has 0 aromatic rings. The summed E-state index contributed by atoms with van der Waals surface area (Å²) in [5.41, 5.74) is 0. The Morgan fingerprint density at radius 1 is 1.55 bits per heavy atom. The summed E-state index contributed by atoms with van der Waals surface area (Å²) in [6.45, 7) is 3.78. The van der Waals surface area contributed by atoms with Crippen LogP contribution in [0.3, 0.4) is 0 Å². The van der Waals surface area contributed by atoms with E-state index >= 15 is 0 Å². The molecule has 0 amide bonds. The number of piperazine rings is 1. The lowest BCUT2D eigenvalue weighted by Gasteiger charge is -2.35. The molecule has 0 bridgehead atoms. The zero-order valence-electron chi connectivity index (χ0n) is 6.72. The van der Waals surface area contributed by atoms with Crippen LogP contribution in [0.2, 0.25) is 0 Å². The van der Waals surface area contributed by atoms with E-state index in [-0.39, 0.29) is 0 Å². The summed E-state index contributed by atoms with van der Waals surface area (Å²) < 4.78 is 0. The Balaban J connectivity index is 1.91. The first-order valence-electron chi connectivity index (χ1n) is 4.43. The molecule has 2 atom stereocenters. The van der Waals surface area contributed by atoms with Crippen LogP contribution in [0.25, 0.3) is 0 Å². The van der Waals surface area contributed by atoms with Crippen molar-refractivity contribution in [1.82, 2.24) is 10.2 Å². The third-order valence-electron chi connectivity index (χ3n) is 2.78. The molecule has 2 rings (SSSR count). The van der Waals surface area contributed by atoms with Crippen LogP contribution in [0.15, 0.2) is 0 Å². The summed E-state index contributed by atoms with van der Waals surface area (Å²) in [6, 6.07) is 1.54. The van der Waals surface area contributed by atoms with E-state index in [1.165, 1.54) is 32.5 Å². The molecule has 2 heterocycles. The largest absolute Gasteiger partial charge is 0.310 e. The van der Waals surface area contributed by atoms with Gasteiger partial charge in [-0.15, -0.1) is 0 Å². The second-order valence-electron chi connectivity index (χ2n) is 3.55. The topological polar surface area (TPSA) is 15.3 Å². The van der Waals surface area contributed by atoms with E-state index in [0.717, 1.165) is 11.4 Å². The van der Waals surface area contributed by atoms with Gasteiger partial charge in [-0.05, 0) is 19.4 Å². The number of hydrogen-bond donors (Lipinski definition) is 1. The van der Waals surface area contributed by atoms with E-state index in [1.807, 2.05) is 0 Å². The number of rotatable bonds is 1. The molecule has 2 nitrogen and oxygen atoms in total. The molecule has 0 spiro atoms. The van der Waals surface area contributed by atoms with E-state index in [1.54, 1.807) is 0 Å². The van der Waals surface area contributed by atoms with Crippen molar-refractivity contribution in [3.8, 4) is 0 Å². The lowest BCUT2D eigenvalue weighted by molar-refractivity contribution is 0.182. The first-order chi connectivity index (χ1) is 5.40. The first-order valence-corrected chi connectivity index (χ1v) is 5.55. The van der Waals surface area contributed by atoms with E-state index in [4.69, 9.17) is 0 Å². The van der Waals surface area contributed by atoms with Gasteiger partial charge >= 0.3 is 0 Å². The van der Waals surface area contributed by atoms with Crippen molar-refractivity contribution in [2.75, 3.05) is 25.0 Å². The van der Waals surface area contributed by atoms with E-state index in [2.05, 4.69) is 26.1 Å². The zero-order valence-corrected chi connectivity index (χ0v) is 8.31. The Bertz CT molecular complexity index is 140. The molecule has 1 N–H and O–H groups in total. The van der Waals surface area contributed by atoms with Crippen molar-refractivity contribution in [2.45, 2.75) is 24.9 Å². The summed E-state index contributed by atoms with van der Waals surface area (Å²) in [5, 5.41) is 4.65. The summed E-state index contributed by atoms with van der Waals surface area (Å²) in [5.74, 6) is 0. The average Bonchev–Trinajstić information content (AvgIpc) is 2.50. The molecule has 0 unspecified atom stereocenters. The Morgan fingerprint density at radius 2 is 2.45 bits per heavy atom. The average molecular weight is 219 g/mol. The minimum absolute atomic E-state index is 0.685. The lowest BCUT2D eigenvalue weighted by atomic mass is 10.1. The van der Waals surface area contributed by atoms with Gasteiger partial charge in [0.05, 0.1) is 0 Å². The van der Waals surface area contributed by atoms with Gasteiger partial charge in [0.1, 0.15) is 0 Å². The fraction of sp³-hybridized carbons (Fsp3) is 1.00. The highest BCUT2D eigenvalue weighted by Crippen LogP contribution is 2.19. The zero-order chi connectivity index (χ0) is 7.68. The Kier molecular flexibility index (Phi) is 2.49. The van der Waals surface area contributed by atoms with Gasteiger partial charge in [0, 0.05) is 30.5 Å². The monoisotopic (exact) mass is 218 g/mol. The predicted octanol–water partition coefficient (Wildman–Crippen LogP) is 0.817. The summed E-state index contributed by atoms with van der Waals surface area (Å²) in [6.07, 6.45) is 2.81. The van der Waals surface area contributed by atoms with Gasteiger partial charge in [0.15, 0.2) is 0 Å². The number of fused-ring (bicyclic) bond motifs is 1. The molecule has 0 aromatic heterocycles. The lowest BCUT2D eigenvalue weighted by Crippen LogP contribution is -2.54. The molecule has 2 saturated heterocycles. The van der Waals surface area contributed by atoms with Crippen LogP contribution in [0.1, 0.15) is 12.8 Å². The van der Waals surface area contributed by atoms with Crippen LogP contribution in [0, 0.1) is 0 Å². The fourth-order valence-corrected chi connectivity index (χ4v) is 2.55. The molecule has 2 aliphatic heterocycles. The van der Waals surface area contributed by atoms with Crippen LogP contribution in [-0.2, 0) is 0 Å². The normalized spacial score (nSPS) is 39.0. The quantitative estimate of drug-likeness (QED) is 0.657. The van der Waals surface area contributed by atoms with Crippen LogP contribution in [-0.4, -0.2) is 41.9 Å². The molecule has 0 saturated carbocycles. The van der Waals surface area contributed by atoms with Crippen molar-refractivity contribution in [1.29, 1.82) is 0 Å². The van der Waals surface area contributed by atoms with Crippen molar-refractivity contribution in [3.63, 3.8) is 0 Å². The number of halogens is 1. The van der Waals surface area contributed by atoms with E-state index < -0.39 is 0 Å². The highest BCUT2D eigenvalue weighted by Gasteiger charge is 2.30. The summed E-state index contributed by atoms with van der Waals surface area (Å²) in [7, 11) is 0. The smallest absolute Gasteiger partial charge is 0.0292 e. The highest BCUT2D eigenvalue weighted by atomic mass is 79.9. The molecule has 0 radical (unpaired) electrons. The van der Waals surface area contributed by atoms with Gasteiger partial charge in [0.25, 0.3) is 0 Å². The second-order valence-corrected chi connectivity index (χ2v) is 4.20. The van der Waals surface area contributed by atoms with Gasteiger partial charge in [-0.3, -0.25) is 4.90 Å². The minimum atomic E-state index is 0.685. The molecular weight excluding hydrogens is 204 g/mol. The van der Waals surface area contributed by atoms with Gasteiger partial charge in [-0.1, -0.05) is 15.9 Å². The van der Waals surface area contributed by atoms with Crippen molar-refractivity contribution >= 4 is 15.9 Å². The van der Waals surface area contributed by atoms with E-state index in [0.29, 0.717) is 6.04 Å². The van der Waals surface area contributed by atoms with Crippen molar-refractivity contribution in [2.24, 2.45) is 0 Å². The van der Waals surface area contributed by atoms with Crippen LogP contribution in [0.4, 0.5) is 0 Å². The number of alkyl halides is 1. The molecule has 3 heteroatoms. The fourth-order valence-electron chi connectivity index (χ4n) is 2.12. The highest BCUT2D eigenvalue weighted by molar-refractivity contribution is 9.09. The third-order valence-corrected chi connectivity index (χ3v) is 3.56. The molecule has 0 aromatic carbocycles. The molecule has 11 heavy (non-hydrogen) atoms. The van der Waals surface area contributed by atoms with Gasteiger partial charge < -0.3 is 5.32 Å². The molecular formula is C8H15BrN2. The molecule has 2 fully saturated rings. The SMILES string of the molecule is BrC[C@H]1CN2CCC[C@H]2CN1. The van der Waals surface area contributed by atoms with Gasteiger partial charge in [-0.2, -0.15) is 0 Å². The minimum Gasteiger partial charge on any atom is -0.310 e. The molecule has 0 aliphatic carbocycles. The van der Waals surface area contributed by atoms with Crippen molar-refractivity contribution in [3.05, 3.63) is 0 Å². The summed E-state index contributed by atoms with van der Waals surface area (Å²) in [4.78, 5) is 2.63. The van der Waals surface area contributed by atoms with Crippen LogP contribution in [0.5, 0.6) is 0 Å². The van der Waals surface area contributed by atoms with Crippen LogP contribution >= 0.6 is 15.9 Å². The maximum Gasteiger partial charge on any atom is 0.0292 e. The molecule has 2 aliphatic rings. The number of nitrogens with one attached hydrogen (secondary N) is 1. The predicted molar refractivity (Wildman–Crippen MR) is 50.2 cm³/mol. The summed E-state index contributed by atoms with van der Waals surface area (Å²) >= 11 is 3.52. The second kappa shape index (κ2) is 3.42. The Hall–Kier alpha value is 0.400. The van der Waals surface area contributed by atoms with Crippen molar-refractivity contribution < 1.29 is 0 Å². The van der Waals surface area contributed by atoms with Crippen LogP contribution < -0.4 is 5.32 Å².